The van der Waals surface area contributed by atoms with E-state index in [1.165, 1.54) is 16.2 Å². The predicted molar refractivity (Wildman–Crippen MR) is 132 cm³/mol. The van der Waals surface area contributed by atoms with E-state index >= 15 is 0 Å². The van der Waals surface area contributed by atoms with Gasteiger partial charge in [0.1, 0.15) is 6.04 Å². The average molecular weight is 542 g/mol. The lowest BCUT2D eigenvalue weighted by molar-refractivity contribution is -0.123. The highest BCUT2D eigenvalue weighted by Gasteiger charge is 2.33. The Balaban J connectivity index is 1.74. The van der Waals surface area contributed by atoms with E-state index in [4.69, 9.17) is 9.26 Å². The Bertz CT molecular complexity index is 1140. The minimum Gasteiger partial charge on any atom is -0.378 e. The van der Waals surface area contributed by atoms with E-state index in [0.29, 0.717) is 31.9 Å². The summed E-state index contributed by atoms with van der Waals surface area (Å²) in [7, 11) is -3.68. The van der Waals surface area contributed by atoms with Crippen molar-refractivity contribution in [1.29, 1.82) is 0 Å². The molecule has 1 aliphatic heterocycles. The Labute approximate surface area is 213 Å². The van der Waals surface area contributed by atoms with Crippen LogP contribution < -0.4 is 10.6 Å². The molecule has 1 aliphatic rings. The van der Waals surface area contributed by atoms with Crippen LogP contribution >= 0.6 is 11.3 Å². The van der Waals surface area contributed by atoms with Crippen molar-refractivity contribution >= 4 is 38.9 Å². The van der Waals surface area contributed by atoms with Crippen molar-refractivity contribution in [3.8, 4) is 11.5 Å². The Morgan fingerprint density at radius 1 is 1.14 bits per heavy atom. The molecule has 0 radical (unpaired) electrons. The van der Waals surface area contributed by atoms with Crippen molar-refractivity contribution in [3.05, 3.63) is 22.7 Å². The van der Waals surface area contributed by atoms with Crippen LogP contribution in [0.2, 0.25) is 0 Å². The molecule has 0 aromatic carbocycles. The molecule has 2 aromatic heterocycles. The molecule has 2 atom stereocenters. The maximum Gasteiger partial charge on any atom is 0.318 e. The van der Waals surface area contributed by atoms with E-state index in [2.05, 4.69) is 20.8 Å². The van der Waals surface area contributed by atoms with Crippen LogP contribution in [0.25, 0.3) is 11.5 Å². The number of ketones is 1. The molecular weight excluding hydrogens is 510 g/mol. The molecule has 2 N–H and O–H groups in total. The average Bonchev–Trinajstić information content (AvgIpc) is 3.53. The molecule has 0 saturated carbocycles. The fourth-order valence-electron chi connectivity index (χ4n) is 3.63. The predicted octanol–water partition coefficient (Wildman–Crippen LogP) is 1.36. The fourth-order valence-corrected chi connectivity index (χ4v) is 6.15. The zero-order chi connectivity index (χ0) is 26.3. The van der Waals surface area contributed by atoms with E-state index in [1.54, 1.807) is 32.2 Å². The van der Waals surface area contributed by atoms with Crippen molar-refractivity contribution in [2.45, 2.75) is 39.3 Å². The molecule has 2 unspecified atom stereocenters. The topological polar surface area (TPSA) is 161 Å². The number of nitrogens with zero attached hydrogens (tertiary/aromatic N) is 3. The Morgan fingerprint density at radius 2 is 1.86 bits per heavy atom. The highest BCUT2D eigenvalue weighted by atomic mass is 32.2. The molecular formula is C22H31N5O7S2. The van der Waals surface area contributed by atoms with Gasteiger partial charge in [0.2, 0.25) is 17.5 Å². The molecule has 0 bridgehead atoms. The first-order chi connectivity index (χ1) is 17.1. The highest BCUT2D eigenvalue weighted by Crippen LogP contribution is 2.20. The van der Waals surface area contributed by atoms with Gasteiger partial charge < -0.3 is 24.8 Å². The first-order valence-electron chi connectivity index (χ1n) is 11.6. The third-order valence-corrected chi connectivity index (χ3v) is 8.08. The smallest absolute Gasteiger partial charge is 0.318 e. The lowest BCUT2D eigenvalue weighted by Crippen LogP contribution is -2.57. The third kappa shape index (κ3) is 7.58. The normalized spacial score (nSPS) is 15.9. The monoisotopic (exact) mass is 541 g/mol. The minimum atomic E-state index is -3.68. The van der Waals surface area contributed by atoms with Gasteiger partial charge in [-0.1, -0.05) is 25.9 Å². The number of carbonyl (C=O) groups is 3. The van der Waals surface area contributed by atoms with Crippen LogP contribution in [0.4, 0.5) is 4.79 Å². The van der Waals surface area contributed by atoms with Crippen molar-refractivity contribution in [2.75, 3.05) is 37.8 Å². The van der Waals surface area contributed by atoms with Crippen LogP contribution in [0.15, 0.2) is 21.3 Å². The van der Waals surface area contributed by atoms with E-state index < -0.39 is 45.4 Å². The summed E-state index contributed by atoms with van der Waals surface area (Å²) >= 11 is 1.43. The number of carbonyl (C=O) groups excluding carboxylic acids is 3. The largest absolute Gasteiger partial charge is 0.378 e. The molecule has 1 saturated heterocycles. The summed E-state index contributed by atoms with van der Waals surface area (Å²) in [6, 6.07) is -1.24. The SMILES string of the molecule is CCC(NC(=O)C(CS(=O)(=O)CC(C)C)NC(=O)N1CCOCC1)C(=O)c1noc(-c2ccsc2)n1. The number of morpholine rings is 1. The quantitative estimate of drug-likeness (QED) is 0.400. The standard InChI is InChI=1S/C22H31N5O7S2/c1-4-16(18(28)19-25-21(34-26-19)15-5-10-35-11-15)23-20(29)17(13-36(31,32)12-14(2)3)24-22(30)27-6-8-33-9-7-27/h5,10-11,14,16-17H,4,6-9,12-13H2,1-3H3,(H,23,29)(H,24,30). The fraction of sp³-hybridized carbons (Fsp3) is 0.591. The van der Waals surface area contributed by atoms with Crippen LogP contribution in [0.5, 0.6) is 0 Å². The van der Waals surface area contributed by atoms with Gasteiger partial charge in [-0.2, -0.15) is 16.3 Å². The Kier molecular flexibility index (Phi) is 9.56. The number of rotatable bonds is 11. The van der Waals surface area contributed by atoms with Gasteiger partial charge in [0.05, 0.1) is 36.3 Å². The first kappa shape index (κ1) is 27.7. The Morgan fingerprint density at radius 3 is 2.47 bits per heavy atom. The number of amides is 3. The molecule has 12 nitrogen and oxygen atoms in total. The van der Waals surface area contributed by atoms with Crippen LogP contribution in [0, 0.1) is 5.92 Å². The lowest BCUT2D eigenvalue weighted by Gasteiger charge is -2.29. The van der Waals surface area contributed by atoms with Crippen LogP contribution in [0.3, 0.4) is 0 Å². The number of sulfone groups is 1. The van der Waals surface area contributed by atoms with E-state index in [-0.39, 0.29) is 29.8 Å². The van der Waals surface area contributed by atoms with E-state index in [1.807, 2.05) is 5.38 Å². The van der Waals surface area contributed by atoms with Crippen LogP contribution in [0.1, 0.15) is 37.8 Å². The summed E-state index contributed by atoms with van der Waals surface area (Å²) in [5.41, 5.74) is 0.671. The molecule has 198 valence electrons. The zero-order valence-electron chi connectivity index (χ0n) is 20.4. The van der Waals surface area contributed by atoms with Crippen molar-refractivity contribution in [1.82, 2.24) is 25.7 Å². The van der Waals surface area contributed by atoms with Gasteiger partial charge in [0.25, 0.3) is 5.89 Å². The van der Waals surface area contributed by atoms with Crippen molar-refractivity contribution in [2.24, 2.45) is 5.92 Å². The second kappa shape index (κ2) is 12.4. The number of aromatic nitrogens is 2. The van der Waals surface area contributed by atoms with Gasteiger partial charge in [-0.15, -0.1) is 0 Å². The number of thiophene rings is 1. The summed E-state index contributed by atoms with van der Waals surface area (Å²) < 4.78 is 35.7. The highest BCUT2D eigenvalue weighted by molar-refractivity contribution is 7.91. The molecule has 14 heteroatoms. The Hall–Kier alpha value is -2.84. The molecule has 0 aliphatic carbocycles. The molecule has 0 spiro atoms. The molecule has 3 rings (SSSR count). The second-order valence-electron chi connectivity index (χ2n) is 8.84. The minimum absolute atomic E-state index is 0.144. The molecule has 3 heterocycles. The first-order valence-corrected chi connectivity index (χ1v) is 14.4. The van der Waals surface area contributed by atoms with Gasteiger partial charge in [0.15, 0.2) is 9.84 Å². The summed E-state index contributed by atoms with van der Waals surface area (Å²) in [4.78, 5) is 44.5. The zero-order valence-corrected chi connectivity index (χ0v) is 22.1. The van der Waals surface area contributed by atoms with Crippen molar-refractivity contribution < 1.29 is 32.1 Å². The van der Waals surface area contributed by atoms with Gasteiger partial charge in [0, 0.05) is 18.5 Å². The number of hydrogen-bond donors (Lipinski definition) is 2. The maximum absolute atomic E-state index is 13.2. The van der Waals surface area contributed by atoms with Crippen LogP contribution in [-0.4, -0.2) is 91.1 Å². The van der Waals surface area contributed by atoms with Gasteiger partial charge in [-0.05, 0) is 23.8 Å². The molecule has 36 heavy (non-hydrogen) atoms. The number of urea groups is 1. The van der Waals surface area contributed by atoms with E-state index in [9.17, 15) is 22.8 Å². The summed E-state index contributed by atoms with van der Waals surface area (Å²) in [5, 5.41) is 12.4. The van der Waals surface area contributed by atoms with Gasteiger partial charge >= 0.3 is 6.03 Å². The maximum atomic E-state index is 13.2. The van der Waals surface area contributed by atoms with E-state index in [0.717, 1.165) is 0 Å². The van der Waals surface area contributed by atoms with Gasteiger partial charge in [-0.25, -0.2) is 13.2 Å². The van der Waals surface area contributed by atoms with Crippen molar-refractivity contribution in [3.63, 3.8) is 0 Å². The molecule has 1 fully saturated rings. The number of ether oxygens (including phenoxy) is 1. The second-order valence-corrected chi connectivity index (χ2v) is 11.8. The van der Waals surface area contributed by atoms with Gasteiger partial charge in [-0.3, -0.25) is 9.59 Å². The molecule has 3 amide bonds. The summed E-state index contributed by atoms with van der Waals surface area (Å²) in [6.45, 7) is 6.51. The van der Waals surface area contributed by atoms with Crippen LogP contribution in [-0.2, 0) is 19.4 Å². The lowest BCUT2D eigenvalue weighted by atomic mass is 10.1. The number of Topliss-reactive ketones (excluding diaryl/α,β-unsaturated/α-hetero) is 1. The number of nitrogens with one attached hydrogen (secondary N) is 2. The number of hydrogen-bond acceptors (Lipinski definition) is 10. The summed E-state index contributed by atoms with van der Waals surface area (Å²) in [5.74, 6) is -2.29. The molecule has 2 aromatic rings. The summed E-state index contributed by atoms with van der Waals surface area (Å²) in [6.07, 6.45) is 0.190. The third-order valence-electron chi connectivity index (χ3n) is 5.38.